The first-order valence-electron chi connectivity index (χ1n) is 10.2. The van der Waals surface area contributed by atoms with E-state index in [1.54, 1.807) is 0 Å². The van der Waals surface area contributed by atoms with E-state index >= 15 is 0 Å². The molecule has 3 rings (SSSR count). The number of nitrogens with zero attached hydrogens (tertiary/aromatic N) is 2. The molecule has 158 valence electrons. The molecule has 0 radical (unpaired) electrons. The second-order valence-corrected chi connectivity index (χ2v) is 8.07. The van der Waals surface area contributed by atoms with E-state index < -0.39 is 0 Å². The molecule has 3 aromatic rings. The molecule has 0 atom stereocenters. The Kier molecular flexibility index (Phi) is 7.15. The van der Waals surface area contributed by atoms with E-state index in [9.17, 15) is 9.59 Å². The molecule has 0 spiro atoms. The molecule has 0 amide bonds. The lowest BCUT2D eigenvalue weighted by Crippen LogP contribution is -2.07. The summed E-state index contributed by atoms with van der Waals surface area (Å²) in [5.41, 5.74) is 5.28. The quantitative estimate of drug-likeness (QED) is 0.345. The smallest absolute Gasteiger partial charge is 0.306 e. The second kappa shape index (κ2) is 9.80. The van der Waals surface area contributed by atoms with Gasteiger partial charge in [0, 0.05) is 12.0 Å². The van der Waals surface area contributed by atoms with Crippen molar-refractivity contribution in [2.24, 2.45) is 0 Å². The molecule has 0 saturated carbocycles. The van der Waals surface area contributed by atoms with Gasteiger partial charge in [-0.2, -0.15) is 4.98 Å². The van der Waals surface area contributed by atoms with Gasteiger partial charge in [0.2, 0.25) is 5.82 Å². The molecular formula is C23H26N2O4S. The largest absolute Gasteiger partial charge is 0.466 e. The van der Waals surface area contributed by atoms with Gasteiger partial charge < -0.3 is 9.26 Å². The molecule has 0 aliphatic heterocycles. The highest BCUT2D eigenvalue weighted by atomic mass is 32.1. The summed E-state index contributed by atoms with van der Waals surface area (Å²) in [4.78, 5) is 29.0. The monoisotopic (exact) mass is 426 g/mol. The predicted molar refractivity (Wildman–Crippen MR) is 117 cm³/mol. The van der Waals surface area contributed by atoms with Crippen molar-refractivity contribution in [2.45, 2.75) is 53.4 Å². The van der Waals surface area contributed by atoms with E-state index in [1.165, 1.54) is 16.9 Å². The molecular weight excluding hydrogens is 400 g/mol. The summed E-state index contributed by atoms with van der Waals surface area (Å²) in [6.07, 6.45) is 3.50. The Hall–Kier alpha value is -2.80. The normalized spacial score (nSPS) is 10.9. The van der Waals surface area contributed by atoms with Crippen LogP contribution >= 0.6 is 11.3 Å². The van der Waals surface area contributed by atoms with Crippen LogP contribution in [0.4, 0.5) is 0 Å². The van der Waals surface area contributed by atoms with Crippen molar-refractivity contribution < 1.29 is 18.8 Å². The van der Waals surface area contributed by atoms with Crippen LogP contribution in [0, 0.1) is 6.92 Å². The standard InChI is InChI=1S/C23H26N2O4S/c1-5-15-11-17(10-14(4)18(15)8-9-21(27)28-7-3)22-24-23(29-25-22)19-12-16(6-2)20(13-26)30-19/h10-13H,5-9H2,1-4H3. The van der Waals surface area contributed by atoms with Crippen LogP contribution in [0.25, 0.3) is 22.2 Å². The van der Waals surface area contributed by atoms with Crippen LogP contribution in [0.15, 0.2) is 22.7 Å². The average Bonchev–Trinajstić information content (AvgIpc) is 3.39. The lowest BCUT2D eigenvalue weighted by molar-refractivity contribution is -0.143. The van der Waals surface area contributed by atoms with E-state index in [1.807, 2.05) is 32.9 Å². The summed E-state index contributed by atoms with van der Waals surface area (Å²) in [6.45, 7) is 8.35. The lowest BCUT2D eigenvalue weighted by Gasteiger charge is -2.13. The van der Waals surface area contributed by atoms with Gasteiger partial charge in [-0.15, -0.1) is 11.3 Å². The minimum Gasteiger partial charge on any atom is -0.466 e. The fraction of sp³-hybridized carbons (Fsp3) is 0.391. The van der Waals surface area contributed by atoms with Gasteiger partial charge in [-0.1, -0.05) is 19.0 Å². The highest BCUT2D eigenvalue weighted by molar-refractivity contribution is 7.17. The van der Waals surface area contributed by atoms with Gasteiger partial charge in [-0.3, -0.25) is 9.59 Å². The molecule has 6 nitrogen and oxygen atoms in total. The summed E-state index contributed by atoms with van der Waals surface area (Å²) in [7, 11) is 0. The van der Waals surface area contributed by atoms with Gasteiger partial charge in [-0.25, -0.2) is 0 Å². The molecule has 0 saturated heterocycles. The van der Waals surface area contributed by atoms with Crippen molar-refractivity contribution in [3.63, 3.8) is 0 Å². The summed E-state index contributed by atoms with van der Waals surface area (Å²) < 4.78 is 10.5. The van der Waals surface area contributed by atoms with Crippen molar-refractivity contribution >= 4 is 23.6 Å². The predicted octanol–water partition coefficient (Wildman–Crippen LogP) is 5.21. The Morgan fingerprint density at radius 2 is 1.93 bits per heavy atom. The Morgan fingerprint density at radius 1 is 1.17 bits per heavy atom. The number of carbonyl (C=O) groups is 2. The number of aldehydes is 1. The summed E-state index contributed by atoms with van der Waals surface area (Å²) in [5, 5.41) is 4.16. The number of thiophene rings is 1. The molecule has 7 heteroatoms. The molecule has 30 heavy (non-hydrogen) atoms. The van der Waals surface area contributed by atoms with E-state index in [2.05, 4.69) is 23.1 Å². The second-order valence-electron chi connectivity index (χ2n) is 6.98. The summed E-state index contributed by atoms with van der Waals surface area (Å²) >= 11 is 1.36. The van der Waals surface area contributed by atoms with Gasteiger partial charge in [0.1, 0.15) is 0 Å². The van der Waals surface area contributed by atoms with Crippen molar-refractivity contribution in [1.29, 1.82) is 0 Å². The fourth-order valence-corrected chi connectivity index (χ4v) is 4.51. The van der Waals surface area contributed by atoms with E-state index in [-0.39, 0.29) is 5.97 Å². The number of benzene rings is 1. The molecule has 0 aliphatic carbocycles. The zero-order valence-electron chi connectivity index (χ0n) is 17.8. The maximum atomic E-state index is 11.7. The topological polar surface area (TPSA) is 82.3 Å². The van der Waals surface area contributed by atoms with E-state index in [0.717, 1.165) is 46.3 Å². The number of esters is 1. The highest BCUT2D eigenvalue weighted by Gasteiger charge is 2.17. The van der Waals surface area contributed by atoms with Gasteiger partial charge in [0.25, 0.3) is 5.89 Å². The first-order valence-corrected chi connectivity index (χ1v) is 11.0. The third-order valence-corrected chi connectivity index (χ3v) is 6.15. The lowest BCUT2D eigenvalue weighted by atomic mass is 9.93. The third kappa shape index (κ3) is 4.67. The molecule has 0 bridgehead atoms. The zero-order valence-corrected chi connectivity index (χ0v) is 18.6. The maximum absolute atomic E-state index is 11.7. The number of ether oxygens (including phenoxy) is 1. The molecule has 0 fully saturated rings. The first kappa shape index (κ1) is 21.9. The average molecular weight is 427 g/mol. The Morgan fingerprint density at radius 3 is 2.57 bits per heavy atom. The molecule has 0 N–H and O–H groups in total. The SMILES string of the molecule is CCOC(=O)CCc1c(C)cc(-c2noc(-c3cc(CC)c(C=O)s3)n2)cc1CC. The van der Waals surface area contributed by atoms with E-state index in [0.29, 0.717) is 36.0 Å². The van der Waals surface area contributed by atoms with Crippen LogP contribution in [-0.2, 0) is 28.8 Å². The van der Waals surface area contributed by atoms with Crippen LogP contribution in [-0.4, -0.2) is 29.0 Å². The highest BCUT2D eigenvalue weighted by Crippen LogP contribution is 2.32. The third-order valence-electron chi connectivity index (χ3n) is 5.06. The van der Waals surface area contributed by atoms with Gasteiger partial charge in [-0.05, 0) is 73.6 Å². The van der Waals surface area contributed by atoms with Crippen molar-refractivity contribution in [3.05, 3.63) is 45.3 Å². The summed E-state index contributed by atoms with van der Waals surface area (Å²) in [5.74, 6) is 0.752. The Labute approximate surface area is 180 Å². The van der Waals surface area contributed by atoms with Crippen LogP contribution in [0.5, 0.6) is 0 Å². The minimum atomic E-state index is -0.178. The van der Waals surface area contributed by atoms with Crippen LogP contribution in [0.3, 0.4) is 0 Å². The number of hydrogen-bond donors (Lipinski definition) is 0. The Balaban J connectivity index is 1.88. The molecule has 2 aromatic heterocycles. The number of carbonyl (C=O) groups excluding carboxylic acids is 2. The number of aromatic nitrogens is 2. The van der Waals surface area contributed by atoms with Crippen molar-refractivity contribution in [2.75, 3.05) is 6.61 Å². The van der Waals surface area contributed by atoms with Crippen molar-refractivity contribution in [1.82, 2.24) is 10.1 Å². The Bertz CT molecular complexity index is 1050. The molecule has 0 unspecified atom stereocenters. The minimum absolute atomic E-state index is 0.178. The van der Waals surface area contributed by atoms with Crippen LogP contribution in [0.1, 0.15) is 59.1 Å². The van der Waals surface area contributed by atoms with Crippen LogP contribution in [0.2, 0.25) is 0 Å². The summed E-state index contributed by atoms with van der Waals surface area (Å²) in [6, 6.07) is 6.02. The van der Waals surface area contributed by atoms with Crippen LogP contribution < -0.4 is 0 Å². The molecule has 1 aromatic carbocycles. The van der Waals surface area contributed by atoms with Gasteiger partial charge in [0.05, 0.1) is 16.4 Å². The number of rotatable bonds is 9. The number of hydrogen-bond acceptors (Lipinski definition) is 7. The fourth-order valence-electron chi connectivity index (χ4n) is 3.52. The first-order chi connectivity index (χ1) is 14.5. The molecule has 0 aliphatic rings. The van der Waals surface area contributed by atoms with Gasteiger partial charge >= 0.3 is 5.97 Å². The zero-order chi connectivity index (χ0) is 21.7. The number of aryl methyl sites for hydroxylation is 3. The van der Waals surface area contributed by atoms with E-state index in [4.69, 9.17) is 9.26 Å². The maximum Gasteiger partial charge on any atom is 0.306 e. The van der Waals surface area contributed by atoms with Gasteiger partial charge in [0.15, 0.2) is 6.29 Å². The molecule has 2 heterocycles. The van der Waals surface area contributed by atoms with Crippen molar-refractivity contribution in [3.8, 4) is 22.2 Å².